The zero-order chi connectivity index (χ0) is 12.4. The van der Waals surface area contributed by atoms with Crippen molar-refractivity contribution in [3.8, 4) is 17.2 Å². The van der Waals surface area contributed by atoms with Crippen molar-refractivity contribution in [2.45, 2.75) is 6.92 Å². The fourth-order valence-corrected chi connectivity index (χ4v) is 1.67. The standard InChI is InChI=1S/C12H14N2O3/c1-8-6-12(15)14(13-8)9-4-5-10(16-2)11(7-9)17-3/h4-7,13H,1-3H3. The Morgan fingerprint density at radius 1 is 1.12 bits per heavy atom. The minimum Gasteiger partial charge on any atom is -0.493 e. The highest BCUT2D eigenvalue weighted by molar-refractivity contribution is 5.48. The summed E-state index contributed by atoms with van der Waals surface area (Å²) in [5.74, 6) is 1.22. The highest BCUT2D eigenvalue weighted by atomic mass is 16.5. The van der Waals surface area contributed by atoms with E-state index in [2.05, 4.69) is 5.10 Å². The number of aromatic nitrogens is 2. The molecule has 17 heavy (non-hydrogen) atoms. The lowest BCUT2D eigenvalue weighted by molar-refractivity contribution is 0.354. The molecule has 0 aliphatic carbocycles. The van der Waals surface area contributed by atoms with Crippen molar-refractivity contribution in [2.75, 3.05) is 14.2 Å². The number of methoxy groups -OCH3 is 2. The Morgan fingerprint density at radius 3 is 2.35 bits per heavy atom. The number of hydrogen-bond acceptors (Lipinski definition) is 3. The number of benzene rings is 1. The molecular formula is C12H14N2O3. The van der Waals surface area contributed by atoms with Crippen LogP contribution < -0.4 is 15.0 Å². The molecule has 5 heteroatoms. The van der Waals surface area contributed by atoms with Gasteiger partial charge < -0.3 is 9.47 Å². The number of H-pyrrole nitrogens is 1. The van der Waals surface area contributed by atoms with Crippen LogP contribution in [-0.2, 0) is 0 Å². The Morgan fingerprint density at radius 2 is 1.82 bits per heavy atom. The average Bonchev–Trinajstić information content (AvgIpc) is 2.67. The molecule has 2 aromatic rings. The van der Waals surface area contributed by atoms with E-state index in [1.807, 2.05) is 6.92 Å². The molecule has 0 unspecified atom stereocenters. The van der Waals surface area contributed by atoms with E-state index >= 15 is 0 Å². The van der Waals surface area contributed by atoms with Crippen molar-refractivity contribution in [1.29, 1.82) is 0 Å². The Bertz CT molecular complexity index is 584. The predicted octanol–water partition coefficient (Wildman–Crippen LogP) is 1.49. The van der Waals surface area contributed by atoms with Crippen molar-refractivity contribution in [1.82, 2.24) is 9.78 Å². The van der Waals surface area contributed by atoms with E-state index in [1.54, 1.807) is 32.4 Å². The highest BCUT2D eigenvalue weighted by Crippen LogP contribution is 2.28. The van der Waals surface area contributed by atoms with Crippen LogP contribution >= 0.6 is 0 Å². The second-order valence-corrected chi connectivity index (χ2v) is 3.65. The van der Waals surface area contributed by atoms with E-state index in [1.165, 1.54) is 10.7 Å². The van der Waals surface area contributed by atoms with Gasteiger partial charge in [0.05, 0.1) is 19.9 Å². The number of nitrogens with zero attached hydrogens (tertiary/aromatic N) is 1. The van der Waals surface area contributed by atoms with Gasteiger partial charge >= 0.3 is 0 Å². The summed E-state index contributed by atoms with van der Waals surface area (Å²) < 4.78 is 11.8. The Labute approximate surface area is 98.6 Å². The van der Waals surface area contributed by atoms with Crippen LogP contribution in [0.4, 0.5) is 0 Å². The topological polar surface area (TPSA) is 56.2 Å². The Hall–Kier alpha value is -2.17. The summed E-state index contributed by atoms with van der Waals surface area (Å²) in [7, 11) is 3.13. The normalized spacial score (nSPS) is 10.3. The lowest BCUT2D eigenvalue weighted by atomic mass is 10.3. The average molecular weight is 234 g/mol. The number of ether oxygens (including phenoxy) is 2. The zero-order valence-corrected chi connectivity index (χ0v) is 9.98. The molecule has 0 bridgehead atoms. The molecule has 1 aromatic heterocycles. The van der Waals surface area contributed by atoms with Crippen LogP contribution in [0.5, 0.6) is 11.5 Å². The molecule has 1 N–H and O–H groups in total. The van der Waals surface area contributed by atoms with Crippen LogP contribution in [0, 0.1) is 6.92 Å². The van der Waals surface area contributed by atoms with Crippen LogP contribution in [0.3, 0.4) is 0 Å². The van der Waals surface area contributed by atoms with Crippen LogP contribution in [0.1, 0.15) is 5.69 Å². The molecule has 0 aliphatic heterocycles. The van der Waals surface area contributed by atoms with Gasteiger partial charge in [-0.2, -0.15) is 0 Å². The second kappa shape index (κ2) is 4.37. The molecule has 0 saturated carbocycles. The minimum absolute atomic E-state index is 0.102. The monoisotopic (exact) mass is 234 g/mol. The van der Waals surface area contributed by atoms with Gasteiger partial charge in [0.25, 0.3) is 5.56 Å². The van der Waals surface area contributed by atoms with Crippen LogP contribution in [0.15, 0.2) is 29.1 Å². The first-order chi connectivity index (χ1) is 8.15. The first kappa shape index (κ1) is 11.3. The SMILES string of the molecule is COc1ccc(-n2[nH]c(C)cc2=O)cc1OC. The van der Waals surface area contributed by atoms with Crippen LogP contribution in [0.2, 0.25) is 0 Å². The lowest BCUT2D eigenvalue weighted by Crippen LogP contribution is -2.13. The maximum absolute atomic E-state index is 11.7. The molecule has 1 aromatic carbocycles. The van der Waals surface area contributed by atoms with Gasteiger partial charge in [-0.05, 0) is 19.1 Å². The third-order valence-electron chi connectivity index (χ3n) is 2.47. The summed E-state index contributed by atoms with van der Waals surface area (Å²) in [4.78, 5) is 11.7. The third-order valence-corrected chi connectivity index (χ3v) is 2.47. The van der Waals surface area contributed by atoms with Gasteiger partial charge in [-0.15, -0.1) is 0 Å². The van der Waals surface area contributed by atoms with Gasteiger partial charge in [-0.1, -0.05) is 0 Å². The van der Waals surface area contributed by atoms with Gasteiger partial charge in [0.1, 0.15) is 0 Å². The fraction of sp³-hybridized carbons (Fsp3) is 0.250. The van der Waals surface area contributed by atoms with Crippen LogP contribution in [-0.4, -0.2) is 24.0 Å². The zero-order valence-electron chi connectivity index (χ0n) is 9.98. The summed E-state index contributed by atoms with van der Waals surface area (Å²) in [5.41, 5.74) is 1.42. The smallest absolute Gasteiger partial charge is 0.271 e. The molecule has 0 radical (unpaired) electrons. The van der Waals surface area contributed by atoms with Gasteiger partial charge in [-0.25, -0.2) is 4.68 Å². The summed E-state index contributed by atoms with van der Waals surface area (Å²) in [6.45, 7) is 1.83. The number of nitrogens with one attached hydrogen (secondary N) is 1. The summed E-state index contributed by atoms with van der Waals surface area (Å²) in [6.07, 6.45) is 0. The third kappa shape index (κ3) is 2.04. The van der Waals surface area contributed by atoms with E-state index in [0.717, 1.165) is 5.69 Å². The fourth-order valence-electron chi connectivity index (χ4n) is 1.67. The molecule has 0 spiro atoms. The number of hydrogen-bond donors (Lipinski definition) is 1. The van der Waals surface area contributed by atoms with E-state index in [9.17, 15) is 4.79 Å². The number of rotatable bonds is 3. The molecule has 90 valence electrons. The maximum atomic E-state index is 11.7. The first-order valence-corrected chi connectivity index (χ1v) is 5.17. The molecule has 2 rings (SSSR count). The molecule has 0 saturated heterocycles. The van der Waals surface area contributed by atoms with Gasteiger partial charge in [0, 0.05) is 17.8 Å². The van der Waals surface area contributed by atoms with Crippen molar-refractivity contribution in [2.24, 2.45) is 0 Å². The van der Waals surface area contributed by atoms with Crippen molar-refractivity contribution >= 4 is 0 Å². The van der Waals surface area contributed by atoms with E-state index < -0.39 is 0 Å². The molecule has 0 amide bonds. The van der Waals surface area contributed by atoms with Gasteiger partial charge in [0.2, 0.25) is 0 Å². The number of aryl methyl sites for hydroxylation is 1. The summed E-state index contributed by atoms with van der Waals surface area (Å²) in [5, 5.41) is 2.96. The molecule has 5 nitrogen and oxygen atoms in total. The van der Waals surface area contributed by atoms with E-state index in [0.29, 0.717) is 17.2 Å². The second-order valence-electron chi connectivity index (χ2n) is 3.65. The highest BCUT2D eigenvalue weighted by Gasteiger charge is 2.08. The quantitative estimate of drug-likeness (QED) is 0.875. The molecule has 0 fully saturated rings. The minimum atomic E-state index is -0.102. The van der Waals surface area contributed by atoms with Gasteiger partial charge in [-0.3, -0.25) is 9.89 Å². The Kier molecular flexibility index (Phi) is 2.91. The molecule has 0 atom stereocenters. The van der Waals surface area contributed by atoms with Crippen LogP contribution in [0.25, 0.3) is 5.69 Å². The predicted molar refractivity (Wildman–Crippen MR) is 64.2 cm³/mol. The van der Waals surface area contributed by atoms with Crippen molar-refractivity contribution in [3.05, 3.63) is 40.3 Å². The van der Waals surface area contributed by atoms with E-state index in [4.69, 9.17) is 9.47 Å². The summed E-state index contributed by atoms with van der Waals surface area (Å²) in [6, 6.07) is 6.84. The molecular weight excluding hydrogens is 220 g/mol. The van der Waals surface area contributed by atoms with E-state index in [-0.39, 0.29) is 5.56 Å². The maximum Gasteiger partial charge on any atom is 0.271 e. The van der Waals surface area contributed by atoms with Crippen molar-refractivity contribution in [3.63, 3.8) is 0 Å². The first-order valence-electron chi connectivity index (χ1n) is 5.17. The van der Waals surface area contributed by atoms with Crippen molar-refractivity contribution < 1.29 is 9.47 Å². The summed E-state index contributed by atoms with van der Waals surface area (Å²) >= 11 is 0. The largest absolute Gasteiger partial charge is 0.493 e. The molecule has 0 aliphatic rings. The number of aromatic amines is 1. The van der Waals surface area contributed by atoms with Gasteiger partial charge in [0.15, 0.2) is 11.5 Å². The molecule has 1 heterocycles. The Balaban J connectivity index is 2.54. The lowest BCUT2D eigenvalue weighted by Gasteiger charge is -2.09.